The number of ether oxygens (including phenoxy) is 3. The summed E-state index contributed by atoms with van der Waals surface area (Å²) in [6, 6.07) is 10.2. The maximum absolute atomic E-state index is 5.72. The minimum absolute atomic E-state index is 0.115. The fourth-order valence-electron chi connectivity index (χ4n) is 2.03. The lowest BCUT2D eigenvalue weighted by Crippen LogP contribution is -2.13. The lowest BCUT2D eigenvalue weighted by atomic mass is 10.1. The summed E-state index contributed by atoms with van der Waals surface area (Å²) in [7, 11) is 0. The van der Waals surface area contributed by atoms with Crippen LogP contribution >= 0.6 is 11.8 Å². The molecule has 0 bridgehead atoms. The monoisotopic (exact) mass is 308 g/mol. The molecule has 1 heterocycles. The van der Waals surface area contributed by atoms with E-state index >= 15 is 0 Å². The largest absolute Gasteiger partial charge is 0.374 e. The van der Waals surface area contributed by atoms with E-state index in [4.69, 9.17) is 14.2 Å². The predicted molar refractivity (Wildman–Crippen MR) is 87.4 cm³/mol. The van der Waals surface area contributed by atoms with Crippen LogP contribution in [0, 0.1) is 0 Å². The van der Waals surface area contributed by atoms with Crippen molar-refractivity contribution in [3.05, 3.63) is 48.0 Å². The number of rotatable bonds is 9. The number of epoxide rings is 1. The van der Waals surface area contributed by atoms with Crippen molar-refractivity contribution < 1.29 is 14.2 Å². The third-order valence-electron chi connectivity index (χ3n) is 3.51. The lowest BCUT2D eigenvalue weighted by Gasteiger charge is -2.07. The van der Waals surface area contributed by atoms with Gasteiger partial charge in [-0.15, -0.1) is 11.8 Å². The molecule has 0 amide bonds. The first-order valence-electron chi connectivity index (χ1n) is 7.23. The molecule has 0 saturated carbocycles. The van der Waals surface area contributed by atoms with Gasteiger partial charge in [0.05, 0.1) is 25.3 Å². The first-order valence-corrected chi connectivity index (χ1v) is 8.63. The van der Waals surface area contributed by atoms with Crippen LogP contribution < -0.4 is 0 Å². The van der Waals surface area contributed by atoms with Gasteiger partial charge >= 0.3 is 0 Å². The van der Waals surface area contributed by atoms with Crippen LogP contribution in [0.5, 0.6) is 0 Å². The van der Waals surface area contributed by atoms with Crippen LogP contribution in [0.15, 0.2) is 42.5 Å². The van der Waals surface area contributed by atoms with Crippen molar-refractivity contribution in [3.63, 3.8) is 0 Å². The van der Waals surface area contributed by atoms with Crippen LogP contribution in [-0.4, -0.2) is 36.6 Å². The second kappa shape index (κ2) is 7.99. The van der Waals surface area contributed by atoms with Crippen LogP contribution in [0.25, 0.3) is 0 Å². The highest BCUT2D eigenvalue weighted by molar-refractivity contribution is 7.98. The third kappa shape index (κ3) is 5.47. The summed E-state index contributed by atoms with van der Waals surface area (Å²) in [6.45, 7) is 5.38. The second-order valence-corrected chi connectivity index (χ2v) is 6.24. The van der Waals surface area contributed by atoms with E-state index in [0.29, 0.717) is 19.2 Å². The molecular weight excluding hydrogens is 284 g/mol. The summed E-state index contributed by atoms with van der Waals surface area (Å²) in [5.41, 5.74) is 0.989. The van der Waals surface area contributed by atoms with E-state index in [1.165, 1.54) is 5.56 Å². The normalized spacial score (nSPS) is 26.1. The van der Waals surface area contributed by atoms with Crippen molar-refractivity contribution in [2.45, 2.75) is 38.3 Å². The standard InChI is InChI=1S/C17H24O3S/c1-14(19-13-21-3)9-10-17(2)16(20-17)12-18-11-15-7-5-4-6-8-15/h4-10,14,16H,11-13H2,1-3H3/b10-9-/t14-,16-,17+/m1/s1. The molecule has 1 aliphatic heterocycles. The third-order valence-corrected chi connectivity index (χ3v) is 3.88. The fraction of sp³-hybridized carbons (Fsp3) is 0.529. The molecule has 1 aliphatic rings. The lowest BCUT2D eigenvalue weighted by molar-refractivity contribution is 0.104. The van der Waals surface area contributed by atoms with Gasteiger partial charge in [0.1, 0.15) is 11.7 Å². The van der Waals surface area contributed by atoms with Crippen molar-refractivity contribution in [1.82, 2.24) is 0 Å². The van der Waals surface area contributed by atoms with Crippen LogP contribution in [0.2, 0.25) is 0 Å². The van der Waals surface area contributed by atoms with Gasteiger partial charge in [-0.25, -0.2) is 0 Å². The van der Waals surface area contributed by atoms with Gasteiger partial charge < -0.3 is 14.2 Å². The summed E-state index contributed by atoms with van der Waals surface area (Å²) < 4.78 is 17.0. The SMILES string of the molecule is CSCO[C@H](C)/C=C\[C@]1(C)O[C@@H]1COCc1ccccc1. The van der Waals surface area contributed by atoms with Gasteiger partial charge in [0.2, 0.25) is 0 Å². The van der Waals surface area contributed by atoms with E-state index in [9.17, 15) is 0 Å². The minimum atomic E-state index is -0.201. The number of hydrogen-bond donors (Lipinski definition) is 0. The Labute approximate surface area is 131 Å². The van der Waals surface area contributed by atoms with Gasteiger partial charge in [0, 0.05) is 0 Å². The molecule has 21 heavy (non-hydrogen) atoms. The summed E-state index contributed by atoms with van der Waals surface area (Å²) in [6.07, 6.45) is 6.44. The van der Waals surface area contributed by atoms with Crippen LogP contribution in [0.1, 0.15) is 19.4 Å². The van der Waals surface area contributed by atoms with E-state index in [1.54, 1.807) is 11.8 Å². The zero-order valence-electron chi connectivity index (χ0n) is 13.0. The molecule has 1 saturated heterocycles. The Balaban J connectivity index is 1.67. The molecule has 0 spiro atoms. The quantitative estimate of drug-likeness (QED) is 0.396. The molecular formula is C17H24O3S. The molecule has 116 valence electrons. The van der Waals surface area contributed by atoms with Crippen LogP contribution in [0.3, 0.4) is 0 Å². The molecule has 0 N–H and O–H groups in total. The number of hydrogen-bond acceptors (Lipinski definition) is 4. The maximum Gasteiger partial charge on any atom is 0.114 e. The summed E-state index contributed by atoms with van der Waals surface area (Å²) >= 11 is 1.68. The number of benzene rings is 1. The Kier molecular flexibility index (Phi) is 6.30. The first kappa shape index (κ1) is 16.6. The Morgan fingerprint density at radius 2 is 2.14 bits per heavy atom. The Hall–Kier alpha value is -0.810. The predicted octanol–water partition coefficient (Wildman–Crippen LogP) is 3.64. The van der Waals surface area contributed by atoms with Crippen LogP contribution in [-0.2, 0) is 20.8 Å². The van der Waals surface area contributed by atoms with Gasteiger partial charge in [0.15, 0.2) is 0 Å². The van der Waals surface area contributed by atoms with Crippen molar-refractivity contribution in [1.29, 1.82) is 0 Å². The summed E-state index contributed by atoms with van der Waals surface area (Å²) in [5.74, 6) is 0.715. The van der Waals surface area contributed by atoms with Crippen LogP contribution in [0.4, 0.5) is 0 Å². The molecule has 1 fully saturated rings. The van der Waals surface area contributed by atoms with E-state index in [2.05, 4.69) is 31.2 Å². The topological polar surface area (TPSA) is 31.0 Å². The van der Waals surface area contributed by atoms with Gasteiger partial charge in [-0.1, -0.05) is 42.5 Å². The molecule has 3 nitrogen and oxygen atoms in total. The highest BCUT2D eigenvalue weighted by Crippen LogP contribution is 2.37. The molecule has 1 aromatic carbocycles. The van der Waals surface area contributed by atoms with Gasteiger partial charge in [0.25, 0.3) is 0 Å². The highest BCUT2D eigenvalue weighted by Gasteiger charge is 2.50. The van der Waals surface area contributed by atoms with Gasteiger partial charge in [-0.05, 0) is 25.7 Å². The average molecular weight is 308 g/mol. The fourth-order valence-corrected chi connectivity index (χ4v) is 2.38. The second-order valence-electron chi connectivity index (χ2n) is 5.43. The Morgan fingerprint density at radius 1 is 1.38 bits per heavy atom. The highest BCUT2D eigenvalue weighted by atomic mass is 32.2. The molecule has 0 aromatic heterocycles. The van der Waals surface area contributed by atoms with Gasteiger partial charge in [-0.3, -0.25) is 0 Å². The van der Waals surface area contributed by atoms with Gasteiger partial charge in [-0.2, -0.15) is 0 Å². The summed E-state index contributed by atoms with van der Waals surface area (Å²) in [4.78, 5) is 0. The smallest absolute Gasteiger partial charge is 0.114 e. The maximum atomic E-state index is 5.72. The Morgan fingerprint density at radius 3 is 2.86 bits per heavy atom. The van der Waals surface area contributed by atoms with Crippen molar-refractivity contribution in [2.24, 2.45) is 0 Å². The summed E-state index contributed by atoms with van der Waals surface area (Å²) in [5, 5.41) is 0. The molecule has 1 aromatic rings. The van der Waals surface area contributed by atoms with E-state index in [1.807, 2.05) is 31.4 Å². The molecule has 0 aliphatic carbocycles. The van der Waals surface area contributed by atoms with Crippen molar-refractivity contribution in [2.75, 3.05) is 18.8 Å². The molecule has 4 heteroatoms. The average Bonchev–Trinajstić information content (AvgIpc) is 3.15. The first-order chi connectivity index (χ1) is 10.1. The van der Waals surface area contributed by atoms with E-state index in [0.717, 1.165) is 0 Å². The van der Waals surface area contributed by atoms with Crippen molar-refractivity contribution in [3.8, 4) is 0 Å². The Bertz CT molecular complexity index is 449. The van der Waals surface area contributed by atoms with Crippen molar-refractivity contribution >= 4 is 11.8 Å². The molecule has 0 unspecified atom stereocenters. The van der Waals surface area contributed by atoms with E-state index < -0.39 is 0 Å². The zero-order valence-corrected chi connectivity index (χ0v) is 13.8. The molecule has 3 atom stereocenters. The molecule has 0 radical (unpaired) electrons. The number of thioether (sulfide) groups is 1. The molecule has 2 rings (SSSR count). The van der Waals surface area contributed by atoms with E-state index in [-0.39, 0.29) is 17.8 Å². The zero-order chi connectivity index (χ0) is 15.1. The minimum Gasteiger partial charge on any atom is -0.374 e.